The summed E-state index contributed by atoms with van der Waals surface area (Å²) >= 11 is 4.83. The molecule has 0 spiro atoms. The number of carbonyl (C=O) groups is 2. The van der Waals surface area contributed by atoms with Gasteiger partial charge in [-0.05, 0) is 98.1 Å². The molecule has 0 saturated carbocycles. The molecule has 12 heteroatoms. The van der Waals surface area contributed by atoms with E-state index in [1.54, 1.807) is 57.2 Å². The minimum atomic E-state index is -0.809. The van der Waals surface area contributed by atoms with Crippen LogP contribution in [-0.4, -0.2) is 42.9 Å². The maximum absolute atomic E-state index is 14.2. The summed E-state index contributed by atoms with van der Waals surface area (Å²) in [6, 6.07) is 17.2. The molecule has 1 aliphatic rings. The Kier molecular flexibility index (Phi) is 11.4. The Morgan fingerprint density at radius 2 is 1.69 bits per heavy atom. The van der Waals surface area contributed by atoms with Crippen LogP contribution in [0.25, 0.3) is 6.08 Å². The number of hydrogen-bond acceptors (Lipinski definition) is 10. The number of para-hydroxylation sites is 1. The largest absolute Gasteiger partial charge is 0.493 e. The monoisotopic (exact) mass is 748 g/mol. The van der Waals surface area contributed by atoms with Crippen LogP contribution in [0.3, 0.4) is 0 Å². The Bertz CT molecular complexity index is 2080. The Morgan fingerprint density at radius 3 is 2.37 bits per heavy atom. The molecule has 3 aromatic carbocycles. The highest BCUT2D eigenvalue weighted by Gasteiger charge is 2.35. The average molecular weight is 750 g/mol. The van der Waals surface area contributed by atoms with E-state index in [2.05, 4.69) is 20.9 Å². The third-order valence-corrected chi connectivity index (χ3v) is 9.06. The lowest BCUT2D eigenvalue weighted by atomic mass is 9.95. The van der Waals surface area contributed by atoms with E-state index in [9.17, 15) is 14.4 Å². The van der Waals surface area contributed by atoms with E-state index < -0.39 is 12.0 Å². The van der Waals surface area contributed by atoms with Gasteiger partial charge in [0.05, 0.1) is 52.3 Å². The predicted octanol–water partition coefficient (Wildman–Crippen LogP) is 6.11. The SMILES string of the molecule is CCOC(=O)C1=C(C)N=c2s/c(=C\c3cc(Br)c(OCc4ccc(C(=O)OCC)cc4)c(OC)c3)c(=O)n2[C@H]1c1ccccc1OC(C)C. The third kappa shape index (κ3) is 7.81. The summed E-state index contributed by atoms with van der Waals surface area (Å²) in [5, 5.41) is 0. The highest BCUT2D eigenvalue weighted by molar-refractivity contribution is 9.10. The van der Waals surface area contributed by atoms with Crippen molar-refractivity contribution < 1.29 is 33.3 Å². The van der Waals surface area contributed by atoms with Gasteiger partial charge in [-0.15, -0.1) is 0 Å². The Labute approximate surface area is 296 Å². The van der Waals surface area contributed by atoms with Crippen molar-refractivity contribution >= 4 is 45.3 Å². The minimum absolute atomic E-state index is 0.134. The smallest absolute Gasteiger partial charge is 0.338 e. The molecule has 0 N–H and O–H groups in total. The van der Waals surface area contributed by atoms with E-state index in [0.29, 0.717) is 60.0 Å². The number of halogens is 1. The Morgan fingerprint density at radius 1 is 1.00 bits per heavy atom. The van der Waals surface area contributed by atoms with Crippen LogP contribution >= 0.6 is 27.3 Å². The van der Waals surface area contributed by atoms with Crippen molar-refractivity contribution in [2.75, 3.05) is 20.3 Å². The molecule has 10 nitrogen and oxygen atoms in total. The van der Waals surface area contributed by atoms with Crippen LogP contribution in [0.5, 0.6) is 17.2 Å². The van der Waals surface area contributed by atoms with Crippen LogP contribution in [0.4, 0.5) is 0 Å². The first-order valence-electron chi connectivity index (χ1n) is 15.8. The fourth-order valence-electron chi connectivity index (χ4n) is 5.37. The zero-order chi connectivity index (χ0) is 35.2. The van der Waals surface area contributed by atoms with E-state index in [4.69, 9.17) is 23.7 Å². The molecule has 0 bridgehead atoms. The molecule has 4 aromatic rings. The molecule has 1 aromatic heterocycles. The van der Waals surface area contributed by atoms with Crippen molar-refractivity contribution in [2.45, 2.75) is 53.4 Å². The number of benzene rings is 3. The van der Waals surface area contributed by atoms with Crippen LogP contribution < -0.4 is 29.1 Å². The van der Waals surface area contributed by atoms with Gasteiger partial charge in [-0.25, -0.2) is 14.6 Å². The summed E-state index contributed by atoms with van der Waals surface area (Å²) in [4.78, 5) is 44.7. The van der Waals surface area contributed by atoms with Crippen molar-refractivity contribution in [1.82, 2.24) is 4.57 Å². The van der Waals surface area contributed by atoms with Crippen molar-refractivity contribution in [2.24, 2.45) is 4.99 Å². The Hall–Kier alpha value is -4.68. The van der Waals surface area contributed by atoms with Gasteiger partial charge in [0, 0.05) is 5.56 Å². The lowest BCUT2D eigenvalue weighted by Gasteiger charge is -2.26. The number of ether oxygens (including phenoxy) is 5. The molecule has 0 fully saturated rings. The molecule has 0 radical (unpaired) electrons. The number of thiazole rings is 1. The minimum Gasteiger partial charge on any atom is -0.493 e. The average Bonchev–Trinajstić information content (AvgIpc) is 3.37. The normalized spacial score (nSPS) is 14.3. The second-order valence-corrected chi connectivity index (χ2v) is 13.1. The van der Waals surface area contributed by atoms with Gasteiger partial charge in [0.25, 0.3) is 5.56 Å². The molecule has 0 aliphatic carbocycles. The van der Waals surface area contributed by atoms with Gasteiger partial charge in [0.15, 0.2) is 16.3 Å². The van der Waals surface area contributed by atoms with E-state index in [1.165, 1.54) is 23.0 Å². The van der Waals surface area contributed by atoms with Gasteiger partial charge >= 0.3 is 11.9 Å². The lowest BCUT2D eigenvalue weighted by Crippen LogP contribution is -2.40. The number of nitrogens with zero attached hydrogens (tertiary/aromatic N) is 2. The number of allylic oxidation sites excluding steroid dienone is 1. The second-order valence-electron chi connectivity index (χ2n) is 11.2. The molecular formula is C37H37BrN2O8S. The van der Waals surface area contributed by atoms with Crippen molar-refractivity contribution in [3.05, 3.63) is 118 Å². The number of hydrogen-bond donors (Lipinski definition) is 0. The van der Waals surface area contributed by atoms with E-state index >= 15 is 0 Å². The van der Waals surface area contributed by atoms with Crippen molar-refractivity contribution in [3.63, 3.8) is 0 Å². The van der Waals surface area contributed by atoms with Gasteiger partial charge < -0.3 is 23.7 Å². The summed E-state index contributed by atoms with van der Waals surface area (Å²) < 4.78 is 31.0. The first-order chi connectivity index (χ1) is 23.6. The quantitative estimate of drug-likeness (QED) is 0.160. The first kappa shape index (κ1) is 35.6. The lowest BCUT2D eigenvalue weighted by molar-refractivity contribution is -0.139. The van der Waals surface area contributed by atoms with Gasteiger partial charge in [-0.2, -0.15) is 0 Å². The number of fused-ring (bicyclic) bond motifs is 1. The summed E-state index contributed by atoms with van der Waals surface area (Å²) in [5.74, 6) is 0.577. The summed E-state index contributed by atoms with van der Waals surface area (Å²) in [6.45, 7) is 9.79. The van der Waals surface area contributed by atoms with Gasteiger partial charge in [0.1, 0.15) is 18.4 Å². The van der Waals surface area contributed by atoms with Crippen molar-refractivity contribution in [1.29, 1.82) is 0 Å². The number of esters is 2. The van der Waals surface area contributed by atoms with E-state index in [0.717, 1.165) is 5.56 Å². The molecule has 5 rings (SSSR count). The molecule has 256 valence electrons. The third-order valence-electron chi connectivity index (χ3n) is 7.49. The standard InChI is InChI=1S/C37H37BrN2O8S/c1-7-45-35(42)25-15-13-23(14-16-25)20-47-33-27(38)17-24(18-29(33)44-6)19-30-34(41)40-32(26-11-9-10-12-28(26)48-21(3)4)31(36(43)46-8-2)22(5)39-37(40)49-30/h9-19,21,32H,7-8,20H2,1-6H3/b30-19-/t32-/m0/s1. The molecular weight excluding hydrogens is 712 g/mol. The number of carbonyl (C=O) groups excluding carboxylic acids is 2. The molecule has 1 aliphatic heterocycles. The second kappa shape index (κ2) is 15.7. The van der Waals surface area contributed by atoms with E-state index in [-0.39, 0.29) is 36.4 Å². The van der Waals surface area contributed by atoms with Crippen molar-refractivity contribution in [3.8, 4) is 17.2 Å². The van der Waals surface area contributed by atoms with Gasteiger partial charge in [-0.1, -0.05) is 41.7 Å². The Balaban J connectivity index is 1.53. The molecule has 0 unspecified atom stereocenters. The van der Waals surface area contributed by atoms with Crippen LogP contribution in [-0.2, 0) is 20.9 Å². The topological polar surface area (TPSA) is 115 Å². The zero-order valence-electron chi connectivity index (χ0n) is 28.1. The van der Waals surface area contributed by atoms with Crippen LogP contribution in [0, 0.1) is 0 Å². The molecule has 0 amide bonds. The highest BCUT2D eigenvalue weighted by atomic mass is 79.9. The molecule has 1 atom stereocenters. The maximum atomic E-state index is 14.2. The van der Waals surface area contributed by atoms with E-state index in [1.807, 2.05) is 44.2 Å². The summed E-state index contributed by atoms with van der Waals surface area (Å²) in [6.07, 6.45) is 1.62. The highest BCUT2D eigenvalue weighted by Crippen LogP contribution is 2.38. The van der Waals surface area contributed by atoms with Crippen LogP contribution in [0.1, 0.15) is 67.7 Å². The predicted molar refractivity (Wildman–Crippen MR) is 190 cm³/mol. The van der Waals surface area contributed by atoms with Gasteiger partial charge in [-0.3, -0.25) is 9.36 Å². The molecule has 2 heterocycles. The zero-order valence-corrected chi connectivity index (χ0v) is 30.5. The van der Waals surface area contributed by atoms with Crippen LogP contribution in [0.15, 0.2) is 86.2 Å². The summed E-state index contributed by atoms with van der Waals surface area (Å²) in [7, 11) is 1.54. The maximum Gasteiger partial charge on any atom is 0.338 e. The molecule has 0 saturated heterocycles. The summed E-state index contributed by atoms with van der Waals surface area (Å²) in [5.41, 5.74) is 3.08. The fourth-order valence-corrected chi connectivity index (χ4v) is 7.00. The number of aromatic nitrogens is 1. The molecule has 49 heavy (non-hydrogen) atoms. The number of methoxy groups -OCH3 is 1. The van der Waals surface area contributed by atoms with Gasteiger partial charge in [0.2, 0.25) is 0 Å². The fraction of sp³-hybridized carbons (Fsp3) is 0.297. The van der Waals surface area contributed by atoms with Crippen LogP contribution in [0.2, 0.25) is 0 Å². The number of rotatable bonds is 12. The first-order valence-corrected chi connectivity index (χ1v) is 17.4.